The van der Waals surface area contributed by atoms with Crippen LogP contribution in [0.2, 0.25) is 0 Å². The van der Waals surface area contributed by atoms with Crippen LogP contribution in [-0.4, -0.2) is 17.1 Å². The molecule has 0 fully saturated rings. The highest BCUT2D eigenvalue weighted by Crippen LogP contribution is 2.17. The third-order valence-electron chi connectivity index (χ3n) is 3.18. The van der Waals surface area contributed by atoms with Gasteiger partial charge < -0.3 is 10.0 Å². The fourth-order valence-corrected chi connectivity index (χ4v) is 1.93. The number of rotatable bonds is 4. The van der Waals surface area contributed by atoms with E-state index in [1.165, 1.54) is 11.1 Å². The maximum absolute atomic E-state index is 9.44. The Labute approximate surface area is 114 Å². The van der Waals surface area contributed by atoms with Crippen LogP contribution in [0.3, 0.4) is 0 Å². The van der Waals surface area contributed by atoms with E-state index in [0.717, 1.165) is 12.2 Å². The van der Waals surface area contributed by atoms with Gasteiger partial charge in [-0.25, -0.2) is 0 Å². The Bertz CT molecular complexity index is 517. The first-order valence-corrected chi connectivity index (χ1v) is 6.47. The lowest BCUT2D eigenvalue weighted by molar-refractivity contribution is 0.194. The summed E-state index contributed by atoms with van der Waals surface area (Å²) in [5.41, 5.74) is 4.29. The zero-order valence-electron chi connectivity index (χ0n) is 11.7. The van der Waals surface area contributed by atoms with Gasteiger partial charge in [-0.3, -0.25) is 4.98 Å². The monoisotopic (exact) mass is 256 g/mol. The molecule has 0 aliphatic carbocycles. The minimum Gasteiger partial charge on any atom is -0.387 e. The molecular weight excluding hydrogens is 236 g/mol. The summed E-state index contributed by atoms with van der Waals surface area (Å²) in [5.74, 6) is 0. The molecule has 3 heteroatoms. The first-order chi connectivity index (χ1) is 9.06. The number of aromatic nitrogens is 1. The van der Waals surface area contributed by atoms with Crippen molar-refractivity contribution in [2.75, 3.05) is 11.9 Å². The van der Waals surface area contributed by atoms with Crippen LogP contribution in [-0.2, 0) is 6.54 Å². The van der Waals surface area contributed by atoms with E-state index in [9.17, 15) is 5.11 Å². The van der Waals surface area contributed by atoms with Crippen LogP contribution in [0, 0.1) is 6.92 Å². The van der Waals surface area contributed by atoms with Crippen LogP contribution in [0.1, 0.15) is 29.8 Å². The Balaban J connectivity index is 2.07. The molecule has 1 aromatic carbocycles. The molecule has 0 amide bonds. The van der Waals surface area contributed by atoms with Gasteiger partial charge in [0, 0.05) is 13.6 Å². The number of aliphatic hydroxyl groups excluding tert-OH is 1. The summed E-state index contributed by atoms with van der Waals surface area (Å²) in [5, 5.41) is 9.44. The minimum atomic E-state index is -0.517. The van der Waals surface area contributed by atoms with Crippen LogP contribution in [0.4, 0.5) is 5.69 Å². The van der Waals surface area contributed by atoms with Crippen molar-refractivity contribution in [3.05, 3.63) is 59.4 Å². The van der Waals surface area contributed by atoms with E-state index in [4.69, 9.17) is 0 Å². The van der Waals surface area contributed by atoms with Gasteiger partial charge in [0.25, 0.3) is 0 Å². The molecule has 1 heterocycles. The summed E-state index contributed by atoms with van der Waals surface area (Å²) in [6, 6.07) is 12.4. The number of aliphatic hydroxyl groups is 1. The molecule has 2 aromatic rings. The van der Waals surface area contributed by atoms with Gasteiger partial charge in [0.1, 0.15) is 0 Å². The summed E-state index contributed by atoms with van der Waals surface area (Å²) in [6.45, 7) is 4.65. The number of nitrogens with zero attached hydrogens (tertiary/aromatic N) is 2. The van der Waals surface area contributed by atoms with Crippen molar-refractivity contribution < 1.29 is 5.11 Å². The Morgan fingerprint density at radius 2 is 1.84 bits per heavy atom. The second-order valence-electron chi connectivity index (χ2n) is 4.96. The summed E-state index contributed by atoms with van der Waals surface area (Å²) in [6.07, 6.45) is 1.28. The second kappa shape index (κ2) is 5.85. The summed E-state index contributed by atoms with van der Waals surface area (Å²) < 4.78 is 0. The molecule has 0 aliphatic rings. The van der Waals surface area contributed by atoms with Crippen molar-refractivity contribution in [2.45, 2.75) is 26.5 Å². The number of aryl methyl sites for hydroxylation is 1. The van der Waals surface area contributed by atoms with Crippen LogP contribution >= 0.6 is 0 Å². The first kappa shape index (κ1) is 13.6. The number of anilines is 1. The second-order valence-corrected chi connectivity index (χ2v) is 4.96. The van der Waals surface area contributed by atoms with Crippen molar-refractivity contribution in [3.8, 4) is 0 Å². The quantitative estimate of drug-likeness (QED) is 0.913. The molecule has 0 spiro atoms. The fourth-order valence-electron chi connectivity index (χ4n) is 1.93. The van der Waals surface area contributed by atoms with Gasteiger partial charge >= 0.3 is 0 Å². The summed E-state index contributed by atoms with van der Waals surface area (Å²) in [4.78, 5) is 6.41. The van der Waals surface area contributed by atoms with Gasteiger partial charge in [0.15, 0.2) is 0 Å². The van der Waals surface area contributed by atoms with Gasteiger partial charge in [-0.05, 0) is 31.5 Å². The summed E-state index contributed by atoms with van der Waals surface area (Å²) >= 11 is 0. The third-order valence-corrected chi connectivity index (χ3v) is 3.18. The first-order valence-electron chi connectivity index (χ1n) is 6.47. The van der Waals surface area contributed by atoms with Crippen LogP contribution in [0.15, 0.2) is 42.6 Å². The van der Waals surface area contributed by atoms with E-state index < -0.39 is 6.10 Å². The maximum atomic E-state index is 9.44. The molecule has 1 aromatic heterocycles. The molecule has 1 unspecified atom stereocenters. The van der Waals surface area contributed by atoms with E-state index in [1.54, 1.807) is 13.1 Å². The highest BCUT2D eigenvalue weighted by atomic mass is 16.3. The molecular formula is C16H20N2O. The Kier molecular flexibility index (Phi) is 4.17. The minimum absolute atomic E-state index is 0.517. The van der Waals surface area contributed by atoms with Gasteiger partial charge in [0.2, 0.25) is 0 Å². The Hall–Kier alpha value is -1.87. The maximum Gasteiger partial charge on any atom is 0.0931 e. The summed E-state index contributed by atoms with van der Waals surface area (Å²) in [7, 11) is 2.04. The molecule has 3 nitrogen and oxygen atoms in total. The lowest BCUT2D eigenvalue weighted by Crippen LogP contribution is -2.16. The number of hydrogen-bond donors (Lipinski definition) is 1. The highest BCUT2D eigenvalue weighted by molar-refractivity contribution is 5.44. The van der Waals surface area contributed by atoms with Crippen molar-refractivity contribution >= 4 is 5.69 Å². The van der Waals surface area contributed by atoms with E-state index >= 15 is 0 Å². The molecule has 0 bridgehead atoms. The molecule has 0 aliphatic heterocycles. The zero-order valence-corrected chi connectivity index (χ0v) is 11.7. The van der Waals surface area contributed by atoms with Gasteiger partial charge in [0.05, 0.1) is 23.7 Å². The predicted octanol–water partition coefficient (Wildman–Crippen LogP) is 3.08. The van der Waals surface area contributed by atoms with Crippen molar-refractivity contribution in [2.24, 2.45) is 0 Å². The van der Waals surface area contributed by atoms with Crippen molar-refractivity contribution in [3.63, 3.8) is 0 Å². The SMILES string of the molecule is Cc1ccc(CN(C)c2ccc(C(C)O)nc2)cc1. The highest BCUT2D eigenvalue weighted by Gasteiger charge is 2.05. The van der Waals surface area contributed by atoms with E-state index in [2.05, 4.69) is 41.1 Å². The fraction of sp³-hybridized carbons (Fsp3) is 0.312. The molecule has 19 heavy (non-hydrogen) atoms. The third kappa shape index (κ3) is 3.55. The topological polar surface area (TPSA) is 36.4 Å². The number of pyridine rings is 1. The van der Waals surface area contributed by atoms with Crippen molar-refractivity contribution in [1.82, 2.24) is 4.98 Å². The molecule has 100 valence electrons. The van der Waals surface area contributed by atoms with Crippen LogP contribution in [0.25, 0.3) is 0 Å². The van der Waals surface area contributed by atoms with E-state index in [1.807, 2.05) is 19.2 Å². The standard InChI is InChI=1S/C16H20N2O/c1-12-4-6-14(7-5-12)11-18(3)15-8-9-16(13(2)19)17-10-15/h4-10,13,19H,11H2,1-3H3. The van der Waals surface area contributed by atoms with Crippen LogP contribution in [0.5, 0.6) is 0 Å². The van der Waals surface area contributed by atoms with Gasteiger partial charge in [-0.1, -0.05) is 29.8 Å². The van der Waals surface area contributed by atoms with Gasteiger partial charge in [-0.15, -0.1) is 0 Å². The molecule has 1 atom stereocenters. The average Bonchev–Trinajstić information content (AvgIpc) is 2.41. The average molecular weight is 256 g/mol. The molecule has 2 rings (SSSR count). The number of benzene rings is 1. The smallest absolute Gasteiger partial charge is 0.0931 e. The molecule has 1 N–H and O–H groups in total. The van der Waals surface area contributed by atoms with Gasteiger partial charge in [-0.2, -0.15) is 0 Å². The molecule has 0 saturated carbocycles. The molecule has 0 radical (unpaired) electrons. The lowest BCUT2D eigenvalue weighted by atomic mass is 10.1. The normalized spacial score (nSPS) is 12.2. The Morgan fingerprint density at radius 3 is 2.37 bits per heavy atom. The molecule has 0 saturated heterocycles. The predicted molar refractivity (Wildman–Crippen MR) is 78.2 cm³/mol. The largest absolute Gasteiger partial charge is 0.387 e. The van der Waals surface area contributed by atoms with Crippen molar-refractivity contribution in [1.29, 1.82) is 0 Å². The van der Waals surface area contributed by atoms with E-state index in [0.29, 0.717) is 5.69 Å². The zero-order chi connectivity index (χ0) is 13.8. The Morgan fingerprint density at radius 1 is 1.16 bits per heavy atom. The van der Waals surface area contributed by atoms with E-state index in [-0.39, 0.29) is 0 Å². The number of hydrogen-bond acceptors (Lipinski definition) is 3. The van der Waals surface area contributed by atoms with Crippen LogP contribution < -0.4 is 4.90 Å². The lowest BCUT2D eigenvalue weighted by Gasteiger charge is -2.19.